The molecule has 27 heavy (non-hydrogen) atoms. The van der Waals surface area contributed by atoms with Crippen LogP contribution >= 0.6 is 0 Å². The van der Waals surface area contributed by atoms with Crippen molar-refractivity contribution in [3.05, 3.63) is 77.5 Å². The molecule has 3 rings (SSSR count). The second kappa shape index (κ2) is 7.45. The first-order chi connectivity index (χ1) is 12.8. The molecule has 3 aromatic rings. The summed E-state index contributed by atoms with van der Waals surface area (Å²) in [5.74, 6) is 0.0515. The predicted octanol–water partition coefficient (Wildman–Crippen LogP) is 4.85. The van der Waals surface area contributed by atoms with Crippen molar-refractivity contribution in [2.75, 3.05) is 5.32 Å². The number of ether oxygens (including phenoxy) is 1. The third-order valence-electron chi connectivity index (χ3n) is 3.54. The maximum atomic E-state index is 12.8. The highest BCUT2D eigenvalue weighted by Gasteiger charge is 2.30. The Kier molecular flexibility index (Phi) is 5.07. The molecule has 1 amide bonds. The third-order valence-corrected chi connectivity index (χ3v) is 3.54. The second-order valence-electron chi connectivity index (χ2n) is 5.68. The number of hydrogen-bond acceptors (Lipinski definition) is 4. The van der Waals surface area contributed by atoms with E-state index < -0.39 is 17.6 Å². The SMILES string of the molecule is Cc1ccc(Oc2cccc(C(=O)Nc3cccc(C(F)(F)F)c3)c2)nn1. The van der Waals surface area contributed by atoms with Crippen molar-refractivity contribution in [1.82, 2.24) is 10.2 Å². The minimum atomic E-state index is -4.48. The average Bonchev–Trinajstić information content (AvgIpc) is 2.63. The fourth-order valence-corrected chi connectivity index (χ4v) is 2.24. The van der Waals surface area contributed by atoms with Crippen LogP contribution in [0, 0.1) is 6.92 Å². The minimum Gasteiger partial charge on any atom is -0.438 e. The van der Waals surface area contributed by atoms with Gasteiger partial charge in [-0.25, -0.2) is 0 Å². The van der Waals surface area contributed by atoms with Gasteiger partial charge in [-0.15, -0.1) is 5.10 Å². The zero-order valence-electron chi connectivity index (χ0n) is 14.1. The number of nitrogens with zero attached hydrogens (tertiary/aromatic N) is 2. The van der Waals surface area contributed by atoms with E-state index in [2.05, 4.69) is 15.5 Å². The van der Waals surface area contributed by atoms with Crippen LogP contribution in [0.4, 0.5) is 18.9 Å². The zero-order chi connectivity index (χ0) is 19.4. The van der Waals surface area contributed by atoms with Crippen LogP contribution in [0.5, 0.6) is 11.6 Å². The predicted molar refractivity (Wildman–Crippen MR) is 92.7 cm³/mol. The number of nitrogens with one attached hydrogen (secondary N) is 1. The summed E-state index contributed by atoms with van der Waals surface area (Å²) in [7, 11) is 0. The van der Waals surface area contributed by atoms with Crippen LogP contribution < -0.4 is 10.1 Å². The van der Waals surface area contributed by atoms with Gasteiger partial charge in [0.1, 0.15) is 5.75 Å². The number of carbonyl (C=O) groups is 1. The molecule has 0 saturated heterocycles. The minimum absolute atomic E-state index is 0.0468. The van der Waals surface area contributed by atoms with Gasteiger partial charge in [-0.1, -0.05) is 12.1 Å². The Bertz CT molecular complexity index is 957. The third kappa shape index (κ3) is 4.81. The molecule has 0 saturated carbocycles. The smallest absolute Gasteiger partial charge is 0.416 e. The highest BCUT2D eigenvalue weighted by molar-refractivity contribution is 6.04. The van der Waals surface area contributed by atoms with E-state index in [0.717, 1.165) is 17.8 Å². The van der Waals surface area contributed by atoms with Crippen LogP contribution in [-0.4, -0.2) is 16.1 Å². The summed E-state index contributed by atoms with van der Waals surface area (Å²) in [5.41, 5.74) is 0.169. The van der Waals surface area contributed by atoms with E-state index >= 15 is 0 Å². The number of rotatable bonds is 4. The fourth-order valence-electron chi connectivity index (χ4n) is 2.24. The molecule has 1 aromatic heterocycles. The average molecular weight is 373 g/mol. The van der Waals surface area contributed by atoms with E-state index in [1.165, 1.54) is 24.3 Å². The van der Waals surface area contributed by atoms with Gasteiger partial charge in [0.2, 0.25) is 5.88 Å². The Hall–Kier alpha value is -3.42. The molecular formula is C19H14F3N3O2. The summed E-state index contributed by atoms with van der Waals surface area (Å²) in [4.78, 5) is 12.3. The van der Waals surface area contributed by atoms with Crippen LogP contribution in [0.1, 0.15) is 21.6 Å². The molecule has 0 fully saturated rings. The zero-order valence-corrected chi connectivity index (χ0v) is 14.1. The molecule has 0 aliphatic heterocycles. The lowest BCUT2D eigenvalue weighted by Gasteiger charge is -2.10. The number of amides is 1. The van der Waals surface area contributed by atoms with Crippen molar-refractivity contribution < 1.29 is 22.7 Å². The van der Waals surface area contributed by atoms with Gasteiger partial charge in [-0.05, 0) is 49.4 Å². The fraction of sp³-hybridized carbons (Fsp3) is 0.105. The van der Waals surface area contributed by atoms with Gasteiger partial charge in [0.05, 0.1) is 11.3 Å². The van der Waals surface area contributed by atoms with Crippen molar-refractivity contribution >= 4 is 11.6 Å². The quantitative estimate of drug-likeness (QED) is 0.710. The van der Waals surface area contributed by atoms with Gasteiger partial charge in [-0.3, -0.25) is 4.79 Å². The van der Waals surface area contributed by atoms with E-state index in [1.54, 1.807) is 31.2 Å². The van der Waals surface area contributed by atoms with Gasteiger partial charge in [0.25, 0.3) is 5.91 Å². The largest absolute Gasteiger partial charge is 0.438 e. The molecule has 0 aliphatic carbocycles. The lowest BCUT2D eigenvalue weighted by molar-refractivity contribution is -0.137. The van der Waals surface area contributed by atoms with E-state index in [4.69, 9.17) is 4.74 Å². The summed E-state index contributed by atoms with van der Waals surface area (Å²) in [6.07, 6.45) is -4.48. The molecule has 0 unspecified atom stereocenters. The molecule has 2 aromatic carbocycles. The van der Waals surface area contributed by atoms with Gasteiger partial charge in [0, 0.05) is 17.3 Å². The molecule has 0 radical (unpaired) electrons. The number of aryl methyl sites for hydroxylation is 1. The molecular weight excluding hydrogens is 359 g/mol. The summed E-state index contributed by atoms with van der Waals surface area (Å²) < 4.78 is 43.9. The number of anilines is 1. The highest BCUT2D eigenvalue weighted by Crippen LogP contribution is 2.30. The first kappa shape index (κ1) is 18.4. The first-order valence-electron chi connectivity index (χ1n) is 7.88. The molecule has 1 N–H and O–H groups in total. The van der Waals surface area contributed by atoms with Crippen LogP contribution in [0.25, 0.3) is 0 Å². The van der Waals surface area contributed by atoms with Gasteiger partial charge in [0.15, 0.2) is 0 Å². The summed E-state index contributed by atoms with van der Waals surface area (Å²) in [6, 6.07) is 14.0. The number of benzene rings is 2. The lowest BCUT2D eigenvalue weighted by atomic mass is 10.1. The Morgan fingerprint density at radius 2 is 1.78 bits per heavy atom. The number of hydrogen-bond donors (Lipinski definition) is 1. The maximum Gasteiger partial charge on any atom is 0.416 e. The molecule has 138 valence electrons. The highest BCUT2D eigenvalue weighted by atomic mass is 19.4. The Morgan fingerprint density at radius 3 is 2.48 bits per heavy atom. The van der Waals surface area contributed by atoms with Crippen molar-refractivity contribution in [3.8, 4) is 11.6 Å². The Labute approximate surface area is 152 Å². The van der Waals surface area contributed by atoms with E-state index in [1.807, 2.05) is 0 Å². The monoisotopic (exact) mass is 373 g/mol. The molecule has 1 heterocycles. The van der Waals surface area contributed by atoms with Crippen molar-refractivity contribution in [3.63, 3.8) is 0 Å². The summed E-state index contributed by atoms with van der Waals surface area (Å²) in [5, 5.41) is 10.2. The van der Waals surface area contributed by atoms with Crippen molar-refractivity contribution in [2.45, 2.75) is 13.1 Å². The molecule has 0 spiro atoms. The molecule has 0 bridgehead atoms. The van der Waals surface area contributed by atoms with Crippen LogP contribution in [0.3, 0.4) is 0 Å². The first-order valence-corrected chi connectivity index (χ1v) is 7.88. The van der Waals surface area contributed by atoms with Crippen LogP contribution in [0.2, 0.25) is 0 Å². The van der Waals surface area contributed by atoms with E-state index in [9.17, 15) is 18.0 Å². The van der Waals surface area contributed by atoms with E-state index in [-0.39, 0.29) is 17.1 Å². The van der Waals surface area contributed by atoms with E-state index in [0.29, 0.717) is 5.75 Å². The number of halogens is 3. The van der Waals surface area contributed by atoms with Gasteiger partial charge in [-0.2, -0.15) is 18.3 Å². The molecule has 0 aliphatic rings. The summed E-state index contributed by atoms with van der Waals surface area (Å²) in [6.45, 7) is 1.79. The molecule has 0 atom stereocenters. The maximum absolute atomic E-state index is 12.8. The molecule has 8 heteroatoms. The van der Waals surface area contributed by atoms with Crippen molar-refractivity contribution in [2.24, 2.45) is 0 Å². The lowest BCUT2D eigenvalue weighted by Crippen LogP contribution is -2.13. The number of aromatic nitrogens is 2. The Morgan fingerprint density at radius 1 is 1.00 bits per heavy atom. The van der Waals surface area contributed by atoms with Crippen LogP contribution in [0.15, 0.2) is 60.7 Å². The molecule has 5 nitrogen and oxygen atoms in total. The topological polar surface area (TPSA) is 64.1 Å². The normalized spacial score (nSPS) is 11.1. The van der Waals surface area contributed by atoms with Crippen LogP contribution in [-0.2, 0) is 6.18 Å². The van der Waals surface area contributed by atoms with Gasteiger partial charge < -0.3 is 10.1 Å². The second-order valence-corrected chi connectivity index (χ2v) is 5.68. The summed E-state index contributed by atoms with van der Waals surface area (Å²) >= 11 is 0. The van der Waals surface area contributed by atoms with Crippen molar-refractivity contribution in [1.29, 1.82) is 0 Å². The standard InChI is InChI=1S/C19H14F3N3O2/c1-12-8-9-17(25-24-12)27-16-7-2-4-13(10-16)18(26)23-15-6-3-5-14(11-15)19(20,21)22/h2-11H,1H3,(H,23,26). The Balaban J connectivity index is 1.75. The number of carbonyl (C=O) groups excluding carboxylic acids is 1. The van der Waals surface area contributed by atoms with Gasteiger partial charge >= 0.3 is 6.18 Å². The number of alkyl halides is 3.